The van der Waals surface area contributed by atoms with E-state index in [1.54, 1.807) is 6.92 Å². The van der Waals surface area contributed by atoms with Crippen molar-refractivity contribution in [2.24, 2.45) is 5.92 Å². The highest BCUT2D eigenvalue weighted by molar-refractivity contribution is 5.88. The summed E-state index contributed by atoms with van der Waals surface area (Å²) in [5.41, 5.74) is 0.832. The molecule has 2 amide bonds. The van der Waals surface area contributed by atoms with Gasteiger partial charge in [-0.3, -0.25) is 9.59 Å². The molecular weight excluding hydrogens is 300 g/mol. The molecule has 0 aliphatic carbocycles. The summed E-state index contributed by atoms with van der Waals surface area (Å²) in [7, 11) is 0. The lowest BCUT2D eigenvalue weighted by Gasteiger charge is -2.22. The molecule has 0 spiro atoms. The Balaban J connectivity index is 2.56. The van der Waals surface area contributed by atoms with Crippen LogP contribution in [0.3, 0.4) is 0 Å². The number of carboxylic acid groups (broad SMARTS) is 1. The number of amides is 2. The van der Waals surface area contributed by atoms with E-state index in [0.717, 1.165) is 5.56 Å². The number of hydrogen-bond donors (Lipinski definition) is 3. The van der Waals surface area contributed by atoms with Crippen LogP contribution in [-0.2, 0) is 20.9 Å². The van der Waals surface area contributed by atoms with Gasteiger partial charge in [-0.1, -0.05) is 50.6 Å². The molecule has 0 radical (unpaired) electrons. The van der Waals surface area contributed by atoms with Crippen molar-refractivity contribution in [2.75, 3.05) is 6.54 Å². The van der Waals surface area contributed by atoms with Crippen LogP contribution in [0, 0.1) is 5.92 Å². The normalized spacial score (nSPS) is 12.8. The van der Waals surface area contributed by atoms with Gasteiger partial charge >= 0.3 is 12.1 Å². The molecular formula is C16H22N2O5. The molecule has 1 rings (SSSR count). The summed E-state index contributed by atoms with van der Waals surface area (Å²) in [4.78, 5) is 34.4. The predicted octanol–water partition coefficient (Wildman–Crippen LogP) is 1.53. The molecule has 7 nitrogen and oxygen atoms in total. The molecule has 1 aromatic rings. The molecule has 0 bridgehead atoms. The highest BCUT2D eigenvalue weighted by atomic mass is 16.5. The van der Waals surface area contributed by atoms with Gasteiger partial charge in [-0.2, -0.15) is 0 Å². The van der Waals surface area contributed by atoms with Crippen molar-refractivity contribution >= 4 is 18.0 Å². The molecule has 2 unspecified atom stereocenters. The maximum Gasteiger partial charge on any atom is 0.408 e. The number of alkyl carbamates (subject to hydrolysis) is 1. The van der Waals surface area contributed by atoms with Crippen molar-refractivity contribution in [3.8, 4) is 0 Å². The van der Waals surface area contributed by atoms with E-state index in [9.17, 15) is 14.4 Å². The third kappa shape index (κ3) is 6.82. The molecule has 0 aromatic heterocycles. The summed E-state index contributed by atoms with van der Waals surface area (Å²) in [5.74, 6) is -1.85. The second-order valence-corrected chi connectivity index (χ2v) is 5.18. The summed E-state index contributed by atoms with van der Waals surface area (Å²) in [6.07, 6.45) is -0.0750. The van der Waals surface area contributed by atoms with E-state index in [4.69, 9.17) is 9.84 Å². The maximum atomic E-state index is 12.0. The molecule has 3 N–H and O–H groups in total. The van der Waals surface area contributed by atoms with E-state index >= 15 is 0 Å². The van der Waals surface area contributed by atoms with Crippen LogP contribution in [0.15, 0.2) is 30.3 Å². The molecule has 23 heavy (non-hydrogen) atoms. The smallest absolute Gasteiger partial charge is 0.408 e. The van der Waals surface area contributed by atoms with Crippen molar-refractivity contribution < 1.29 is 24.2 Å². The van der Waals surface area contributed by atoms with Crippen LogP contribution in [0.2, 0.25) is 0 Å². The Labute approximate surface area is 135 Å². The van der Waals surface area contributed by atoms with E-state index in [-0.39, 0.29) is 12.5 Å². The molecule has 0 saturated heterocycles. The summed E-state index contributed by atoms with van der Waals surface area (Å²) >= 11 is 0. The minimum Gasteiger partial charge on any atom is -0.480 e. The lowest BCUT2D eigenvalue weighted by molar-refractivity contribution is -0.138. The fourth-order valence-electron chi connectivity index (χ4n) is 1.87. The predicted molar refractivity (Wildman–Crippen MR) is 83.7 cm³/mol. The number of carboxylic acids is 1. The van der Waals surface area contributed by atoms with Crippen molar-refractivity contribution in [2.45, 2.75) is 32.9 Å². The van der Waals surface area contributed by atoms with Gasteiger partial charge in [0.05, 0.1) is 0 Å². The number of benzene rings is 1. The van der Waals surface area contributed by atoms with Crippen LogP contribution in [0.4, 0.5) is 4.79 Å². The largest absolute Gasteiger partial charge is 0.480 e. The van der Waals surface area contributed by atoms with Gasteiger partial charge < -0.3 is 20.5 Å². The highest BCUT2D eigenvalue weighted by Crippen LogP contribution is 2.09. The van der Waals surface area contributed by atoms with E-state index in [2.05, 4.69) is 10.6 Å². The minimum atomic E-state index is -1.15. The summed E-state index contributed by atoms with van der Waals surface area (Å²) in [6, 6.07) is 8.31. The fourth-order valence-corrected chi connectivity index (χ4v) is 1.87. The maximum absolute atomic E-state index is 12.0. The summed E-state index contributed by atoms with van der Waals surface area (Å²) < 4.78 is 5.08. The minimum absolute atomic E-state index is 0.0939. The van der Waals surface area contributed by atoms with Gasteiger partial charge in [0, 0.05) is 0 Å². The number of rotatable bonds is 8. The third-order valence-electron chi connectivity index (χ3n) is 3.40. The molecule has 7 heteroatoms. The zero-order valence-corrected chi connectivity index (χ0v) is 13.2. The molecule has 0 aliphatic rings. The lowest BCUT2D eigenvalue weighted by atomic mass is 9.98. The summed E-state index contributed by atoms with van der Waals surface area (Å²) in [5, 5.41) is 13.4. The van der Waals surface area contributed by atoms with Crippen LogP contribution in [0.25, 0.3) is 0 Å². The Bertz CT molecular complexity index is 533. The van der Waals surface area contributed by atoms with Crippen LogP contribution >= 0.6 is 0 Å². The first-order valence-electron chi connectivity index (χ1n) is 7.40. The van der Waals surface area contributed by atoms with Gasteiger partial charge in [0.25, 0.3) is 0 Å². The van der Waals surface area contributed by atoms with Crippen molar-refractivity contribution in [3.63, 3.8) is 0 Å². The first kappa shape index (κ1) is 18.5. The van der Waals surface area contributed by atoms with Crippen LogP contribution < -0.4 is 10.6 Å². The first-order valence-corrected chi connectivity index (χ1v) is 7.40. The zero-order valence-electron chi connectivity index (χ0n) is 13.2. The molecule has 0 heterocycles. The molecule has 1 aromatic carbocycles. The quantitative estimate of drug-likeness (QED) is 0.673. The van der Waals surface area contributed by atoms with Gasteiger partial charge in [0.2, 0.25) is 5.91 Å². The summed E-state index contributed by atoms with van der Waals surface area (Å²) in [6.45, 7) is 3.27. The van der Waals surface area contributed by atoms with Gasteiger partial charge in [0.15, 0.2) is 0 Å². The molecule has 0 fully saturated rings. The van der Waals surface area contributed by atoms with Crippen molar-refractivity contribution in [1.82, 2.24) is 10.6 Å². The monoisotopic (exact) mass is 322 g/mol. The SMILES string of the molecule is CCC(C)C(NC(=O)OCc1ccccc1)C(=O)NCC(=O)O. The second-order valence-electron chi connectivity index (χ2n) is 5.18. The number of aliphatic carboxylic acids is 1. The van der Waals surface area contributed by atoms with E-state index in [1.165, 1.54) is 0 Å². The number of nitrogens with one attached hydrogen (secondary N) is 2. The van der Waals surface area contributed by atoms with E-state index in [0.29, 0.717) is 6.42 Å². The van der Waals surface area contributed by atoms with Crippen LogP contribution in [-0.4, -0.2) is 35.7 Å². The van der Waals surface area contributed by atoms with Gasteiger partial charge in [0.1, 0.15) is 19.2 Å². The third-order valence-corrected chi connectivity index (χ3v) is 3.40. The zero-order chi connectivity index (χ0) is 17.2. The average Bonchev–Trinajstić information content (AvgIpc) is 2.55. The van der Waals surface area contributed by atoms with Gasteiger partial charge in [-0.25, -0.2) is 4.79 Å². The molecule has 0 saturated carbocycles. The number of ether oxygens (including phenoxy) is 1. The van der Waals surface area contributed by atoms with Crippen molar-refractivity contribution in [1.29, 1.82) is 0 Å². The Morgan fingerprint density at radius 2 is 1.87 bits per heavy atom. The second kappa shape index (κ2) is 9.45. The van der Waals surface area contributed by atoms with Crippen LogP contribution in [0.5, 0.6) is 0 Å². The highest BCUT2D eigenvalue weighted by Gasteiger charge is 2.26. The standard InChI is InChI=1S/C16H22N2O5/c1-3-11(2)14(15(21)17-9-13(19)20)18-16(22)23-10-12-7-5-4-6-8-12/h4-8,11,14H,3,9-10H2,1-2H3,(H,17,21)(H,18,22)(H,19,20). The van der Waals surface area contributed by atoms with Crippen molar-refractivity contribution in [3.05, 3.63) is 35.9 Å². The van der Waals surface area contributed by atoms with E-state index < -0.39 is 30.6 Å². The number of carbonyl (C=O) groups excluding carboxylic acids is 2. The molecule has 2 atom stereocenters. The Morgan fingerprint density at radius 1 is 1.22 bits per heavy atom. The first-order chi connectivity index (χ1) is 10.9. The van der Waals surface area contributed by atoms with Gasteiger partial charge in [-0.15, -0.1) is 0 Å². The average molecular weight is 322 g/mol. The Morgan fingerprint density at radius 3 is 2.43 bits per heavy atom. The Kier molecular flexibility index (Phi) is 7.59. The lowest BCUT2D eigenvalue weighted by Crippen LogP contribution is -2.51. The topological polar surface area (TPSA) is 105 Å². The molecule has 126 valence electrons. The number of hydrogen-bond acceptors (Lipinski definition) is 4. The van der Waals surface area contributed by atoms with E-state index in [1.807, 2.05) is 37.3 Å². The van der Waals surface area contributed by atoms with Gasteiger partial charge in [-0.05, 0) is 11.5 Å². The van der Waals surface area contributed by atoms with Crippen LogP contribution in [0.1, 0.15) is 25.8 Å². The fraction of sp³-hybridized carbons (Fsp3) is 0.438. The Hall–Kier alpha value is -2.57. The number of carbonyl (C=O) groups is 3. The molecule has 0 aliphatic heterocycles.